The summed E-state index contributed by atoms with van der Waals surface area (Å²) >= 11 is 0. The first-order chi connectivity index (χ1) is 10.4. The van der Waals surface area contributed by atoms with Crippen molar-refractivity contribution in [3.05, 3.63) is 67.0 Å². The van der Waals surface area contributed by atoms with Crippen LogP contribution in [0.4, 0.5) is 0 Å². The second-order valence-corrected chi connectivity index (χ2v) is 4.76. The lowest BCUT2D eigenvalue weighted by atomic mass is 10.2. The zero-order chi connectivity index (χ0) is 14.2. The molecule has 0 unspecified atom stereocenters. The second-order valence-electron chi connectivity index (χ2n) is 4.76. The average Bonchev–Trinajstić information content (AvgIpc) is 2.90. The topological polar surface area (TPSA) is 43.6 Å². The SMILES string of the molecule is C=Cc1cnc(-n2c3ccccc3c3ccccc32)nn1. The highest BCUT2D eigenvalue weighted by molar-refractivity contribution is 6.08. The minimum absolute atomic E-state index is 0.568. The molecule has 0 atom stereocenters. The summed E-state index contributed by atoms with van der Waals surface area (Å²) in [6, 6.07) is 16.5. The number of nitrogens with zero attached hydrogens (tertiary/aromatic N) is 4. The molecular weight excluding hydrogens is 260 g/mol. The van der Waals surface area contributed by atoms with E-state index in [0.717, 1.165) is 11.0 Å². The Morgan fingerprint density at radius 2 is 1.48 bits per heavy atom. The van der Waals surface area contributed by atoms with E-state index in [-0.39, 0.29) is 0 Å². The van der Waals surface area contributed by atoms with Crippen molar-refractivity contribution in [1.82, 2.24) is 19.7 Å². The van der Waals surface area contributed by atoms with Gasteiger partial charge in [0, 0.05) is 10.8 Å². The van der Waals surface area contributed by atoms with E-state index in [2.05, 4.69) is 46.0 Å². The van der Waals surface area contributed by atoms with E-state index >= 15 is 0 Å². The zero-order valence-electron chi connectivity index (χ0n) is 11.3. The van der Waals surface area contributed by atoms with Gasteiger partial charge in [0.1, 0.15) is 5.69 Å². The van der Waals surface area contributed by atoms with Gasteiger partial charge in [-0.25, -0.2) is 4.98 Å². The highest BCUT2D eigenvalue weighted by Gasteiger charge is 2.12. The fourth-order valence-electron chi connectivity index (χ4n) is 2.61. The van der Waals surface area contributed by atoms with Gasteiger partial charge in [-0.1, -0.05) is 43.0 Å². The van der Waals surface area contributed by atoms with E-state index in [9.17, 15) is 0 Å². The fraction of sp³-hybridized carbons (Fsp3) is 0. The molecule has 2 aromatic carbocycles. The van der Waals surface area contributed by atoms with Gasteiger partial charge in [-0.05, 0) is 18.2 Å². The summed E-state index contributed by atoms with van der Waals surface area (Å²) in [6.45, 7) is 3.67. The average molecular weight is 272 g/mol. The number of hydrogen-bond donors (Lipinski definition) is 0. The first-order valence-corrected chi connectivity index (χ1v) is 6.69. The van der Waals surface area contributed by atoms with E-state index in [1.807, 2.05) is 28.8 Å². The smallest absolute Gasteiger partial charge is 0.254 e. The molecule has 0 amide bonds. The molecule has 0 radical (unpaired) electrons. The molecule has 4 nitrogen and oxygen atoms in total. The third-order valence-corrected chi connectivity index (χ3v) is 3.56. The van der Waals surface area contributed by atoms with E-state index in [0.29, 0.717) is 11.6 Å². The van der Waals surface area contributed by atoms with Crippen LogP contribution in [0.25, 0.3) is 33.8 Å². The normalized spacial score (nSPS) is 11.0. The number of rotatable bonds is 2. The molecule has 4 heteroatoms. The number of para-hydroxylation sites is 2. The number of fused-ring (bicyclic) bond motifs is 3. The quantitative estimate of drug-likeness (QED) is 0.560. The molecule has 0 saturated heterocycles. The predicted octanol–water partition coefficient (Wildman–Crippen LogP) is 3.61. The maximum Gasteiger partial charge on any atom is 0.254 e. The lowest BCUT2D eigenvalue weighted by molar-refractivity contribution is 0.881. The molecular formula is C17H12N4. The molecule has 21 heavy (non-hydrogen) atoms. The summed E-state index contributed by atoms with van der Waals surface area (Å²) in [5.74, 6) is 0.568. The maximum atomic E-state index is 4.41. The lowest BCUT2D eigenvalue weighted by Crippen LogP contribution is -2.03. The highest BCUT2D eigenvalue weighted by atomic mass is 15.3. The molecule has 0 saturated carbocycles. The van der Waals surface area contributed by atoms with Gasteiger partial charge in [0.15, 0.2) is 0 Å². The predicted molar refractivity (Wildman–Crippen MR) is 84.3 cm³/mol. The van der Waals surface area contributed by atoms with Gasteiger partial charge in [-0.15, -0.1) is 10.2 Å². The van der Waals surface area contributed by atoms with Crippen LogP contribution in [-0.4, -0.2) is 19.7 Å². The van der Waals surface area contributed by atoms with Gasteiger partial charge in [-0.3, -0.25) is 4.57 Å². The molecule has 100 valence electrons. The summed E-state index contributed by atoms with van der Waals surface area (Å²) in [4.78, 5) is 4.41. The molecule has 0 N–H and O–H groups in total. The van der Waals surface area contributed by atoms with Crippen LogP contribution < -0.4 is 0 Å². The third kappa shape index (κ3) is 1.73. The summed E-state index contributed by atoms with van der Waals surface area (Å²) in [7, 11) is 0. The summed E-state index contributed by atoms with van der Waals surface area (Å²) in [5, 5.41) is 10.7. The van der Waals surface area contributed by atoms with Crippen LogP contribution in [0.1, 0.15) is 5.69 Å². The minimum Gasteiger partial charge on any atom is -0.277 e. The summed E-state index contributed by atoms with van der Waals surface area (Å²) < 4.78 is 2.03. The Morgan fingerprint density at radius 1 is 0.857 bits per heavy atom. The van der Waals surface area contributed by atoms with Crippen molar-refractivity contribution in [3.8, 4) is 5.95 Å². The van der Waals surface area contributed by atoms with E-state index in [1.165, 1.54) is 10.8 Å². The Morgan fingerprint density at radius 3 is 2.00 bits per heavy atom. The molecule has 0 aliphatic heterocycles. The third-order valence-electron chi connectivity index (χ3n) is 3.56. The van der Waals surface area contributed by atoms with Crippen LogP contribution in [0.5, 0.6) is 0 Å². The van der Waals surface area contributed by atoms with E-state index in [1.54, 1.807) is 12.3 Å². The van der Waals surface area contributed by atoms with Crippen LogP contribution >= 0.6 is 0 Å². The molecule has 0 spiro atoms. The van der Waals surface area contributed by atoms with Gasteiger partial charge in [-0.2, -0.15) is 0 Å². The Labute approximate surface area is 121 Å². The standard InChI is InChI=1S/C17H12N4/c1-2-12-11-18-17(20-19-12)21-15-9-5-3-7-13(15)14-8-4-6-10-16(14)21/h2-11H,1H2. The summed E-state index contributed by atoms with van der Waals surface area (Å²) in [5.41, 5.74) is 2.82. The Balaban J connectivity index is 2.11. The number of aromatic nitrogens is 4. The van der Waals surface area contributed by atoms with Crippen LogP contribution in [-0.2, 0) is 0 Å². The fourth-order valence-corrected chi connectivity index (χ4v) is 2.61. The first kappa shape index (κ1) is 11.8. The van der Waals surface area contributed by atoms with Crippen molar-refractivity contribution in [2.24, 2.45) is 0 Å². The molecule has 0 bridgehead atoms. The van der Waals surface area contributed by atoms with Crippen molar-refractivity contribution in [2.45, 2.75) is 0 Å². The second kappa shape index (κ2) is 4.52. The van der Waals surface area contributed by atoms with Gasteiger partial charge in [0.05, 0.1) is 17.2 Å². The number of benzene rings is 2. The van der Waals surface area contributed by atoms with Crippen molar-refractivity contribution in [3.63, 3.8) is 0 Å². The van der Waals surface area contributed by atoms with Crippen molar-refractivity contribution in [2.75, 3.05) is 0 Å². The van der Waals surface area contributed by atoms with Crippen LogP contribution in [0.15, 0.2) is 61.3 Å². The summed E-state index contributed by atoms with van der Waals surface area (Å²) in [6.07, 6.45) is 3.31. The first-order valence-electron chi connectivity index (χ1n) is 6.69. The molecule has 4 aromatic rings. The Hall–Kier alpha value is -3.01. The van der Waals surface area contributed by atoms with Gasteiger partial charge in [0.2, 0.25) is 0 Å². The molecule has 0 aliphatic carbocycles. The Kier molecular flexibility index (Phi) is 2.54. The molecule has 2 aromatic heterocycles. The highest BCUT2D eigenvalue weighted by Crippen LogP contribution is 2.30. The Bertz CT molecular complexity index is 898. The van der Waals surface area contributed by atoms with Crippen LogP contribution in [0.2, 0.25) is 0 Å². The maximum absolute atomic E-state index is 4.41. The van der Waals surface area contributed by atoms with Crippen molar-refractivity contribution in [1.29, 1.82) is 0 Å². The van der Waals surface area contributed by atoms with Crippen molar-refractivity contribution < 1.29 is 0 Å². The van der Waals surface area contributed by atoms with E-state index in [4.69, 9.17) is 0 Å². The molecule has 0 aliphatic rings. The molecule has 0 fully saturated rings. The van der Waals surface area contributed by atoms with Crippen molar-refractivity contribution >= 4 is 27.9 Å². The monoisotopic (exact) mass is 272 g/mol. The molecule has 4 rings (SSSR count). The molecule has 2 heterocycles. The van der Waals surface area contributed by atoms with Gasteiger partial charge in [0.25, 0.3) is 5.95 Å². The van der Waals surface area contributed by atoms with Crippen LogP contribution in [0, 0.1) is 0 Å². The number of hydrogen-bond acceptors (Lipinski definition) is 3. The van der Waals surface area contributed by atoms with Gasteiger partial charge >= 0.3 is 0 Å². The van der Waals surface area contributed by atoms with Crippen LogP contribution in [0.3, 0.4) is 0 Å². The largest absolute Gasteiger partial charge is 0.277 e. The lowest BCUT2D eigenvalue weighted by Gasteiger charge is -2.04. The minimum atomic E-state index is 0.568. The zero-order valence-corrected chi connectivity index (χ0v) is 11.3. The van der Waals surface area contributed by atoms with E-state index < -0.39 is 0 Å². The van der Waals surface area contributed by atoms with Gasteiger partial charge < -0.3 is 0 Å².